The quantitative estimate of drug-likeness (QED) is 0.143. The van der Waals surface area contributed by atoms with Crippen molar-refractivity contribution in [2.75, 3.05) is 0 Å². The molecule has 0 unspecified atom stereocenters. The fourth-order valence-corrected chi connectivity index (χ4v) is 6.03. The summed E-state index contributed by atoms with van der Waals surface area (Å²) in [5, 5.41) is 0.606. The summed E-state index contributed by atoms with van der Waals surface area (Å²) in [6.07, 6.45) is -12.0. The van der Waals surface area contributed by atoms with Gasteiger partial charge >= 0.3 is 24.3 Å². The molecule has 3 aromatic carbocycles. The Morgan fingerprint density at radius 2 is 1.08 bits per heavy atom. The highest BCUT2D eigenvalue weighted by molar-refractivity contribution is 6.01. The molecule has 10 heteroatoms. The van der Waals surface area contributed by atoms with Crippen molar-refractivity contribution in [2.24, 2.45) is 23.7 Å². The van der Waals surface area contributed by atoms with E-state index in [0.29, 0.717) is 10.8 Å². The Morgan fingerprint density at radius 3 is 1.49 bits per heavy atom. The van der Waals surface area contributed by atoms with Crippen LogP contribution in [-0.4, -0.2) is 24.3 Å². The molecule has 0 spiro atoms. The van der Waals surface area contributed by atoms with E-state index >= 15 is 0 Å². The van der Waals surface area contributed by atoms with E-state index in [4.69, 9.17) is 9.47 Å². The summed E-state index contributed by atoms with van der Waals surface area (Å²) in [7, 11) is 0. The van der Waals surface area contributed by atoms with E-state index in [9.17, 15) is 35.9 Å². The number of ether oxygens (including phenoxy) is 2. The molecule has 1 heterocycles. The lowest BCUT2D eigenvalue weighted by atomic mass is 9.83. The van der Waals surface area contributed by atoms with Gasteiger partial charge in [-0.1, -0.05) is 48.6 Å². The molecule has 37 heavy (non-hydrogen) atoms. The second-order valence-corrected chi connectivity index (χ2v) is 9.71. The van der Waals surface area contributed by atoms with Crippen LogP contribution in [0.4, 0.5) is 26.3 Å². The van der Waals surface area contributed by atoms with Crippen molar-refractivity contribution in [1.29, 1.82) is 0 Å². The van der Waals surface area contributed by atoms with Crippen molar-refractivity contribution in [1.82, 2.24) is 0 Å². The second-order valence-electron chi connectivity index (χ2n) is 9.71. The maximum Gasteiger partial charge on any atom is 0.429 e. The molecule has 2 aliphatic carbocycles. The Labute approximate surface area is 205 Å². The molecule has 1 fully saturated rings. The summed E-state index contributed by atoms with van der Waals surface area (Å²) in [5.74, 6) is -6.64. The topological polar surface area (TPSA) is 52.6 Å². The number of hydrogen-bond acceptors (Lipinski definition) is 4. The van der Waals surface area contributed by atoms with Crippen molar-refractivity contribution in [2.45, 2.75) is 31.0 Å². The molecule has 0 radical (unpaired) electrons. The largest absolute Gasteiger partial charge is 0.447 e. The van der Waals surface area contributed by atoms with Gasteiger partial charge in [-0.3, -0.25) is 9.59 Å². The lowest BCUT2D eigenvalue weighted by Gasteiger charge is -2.29. The summed E-state index contributed by atoms with van der Waals surface area (Å²) < 4.78 is 96.0. The van der Waals surface area contributed by atoms with Gasteiger partial charge in [0.2, 0.25) is 12.2 Å². The van der Waals surface area contributed by atoms with Crippen LogP contribution in [0.2, 0.25) is 0 Å². The molecule has 1 saturated carbocycles. The molecule has 4 bridgehead atoms. The maximum atomic E-state index is 14.3. The molecule has 0 N–H and O–H groups in total. The lowest BCUT2D eigenvalue weighted by molar-refractivity contribution is -0.231. The molecule has 0 aromatic heterocycles. The first-order valence-corrected chi connectivity index (χ1v) is 11.6. The molecule has 192 valence electrons. The zero-order chi connectivity index (χ0) is 26.3. The Balaban J connectivity index is 1.65. The van der Waals surface area contributed by atoms with Crippen molar-refractivity contribution in [3.63, 3.8) is 0 Å². The number of cyclic esters (lactones) is 2. The minimum Gasteiger partial charge on any atom is -0.447 e. The lowest BCUT2D eigenvalue weighted by Crippen LogP contribution is -2.39. The second kappa shape index (κ2) is 7.97. The van der Waals surface area contributed by atoms with Crippen LogP contribution in [0, 0.1) is 23.7 Å². The molecule has 0 saturated heterocycles. The highest BCUT2D eigenvalue weighted by atomic mass is 19.4. The number of carbonyl (C=O) groups is 2. The summed E-state index contributed by atoms with van der Waals surface area (Å²) in [6.45, 7) is 0. The van der Waals surface area contributed by atoms with Gasteiger partial charge in [0.25, 0.3) is 0 Å². The SMILES string of the molecule is O=C1O[C@H](C(F)(F)F)c2cccc3cc4cccc(c4cc23)[C@@H](C(F)(F)F)OC(=O)[C@@H]2[C@@H]1[C@@H]1C=C[C@H]2C1. The van der Waals surface area contributed by atoms with Crippen LogP contribution in [0.5, 0.6) is 0 Å². The number of hydrogen-bond donors (Lipinski definition) is 0. The van der Waals surface area contributed by atoms with Crippen molar-refractivity contribution < 1.29 is 45.4 Å². The Morgan fingerprint density at radius 1 is 0.649 bits per heavy atom. The van der Waals surface area contributed by atoms with E-state index in [2.05, 4.69) is 0 Å². The predicted molar refractivity (Wildman–Crippen MR) is 119 cm³/mol. The van der Waals surface area contributed by atoms with Crippen molar-refractivity contribution >= 4 is 33.5 Å². The Hall–Kier alpha value is -3.56. The van der Waals surface area contributed by atoms with Gasteiger partial charge in [-0.05, 0) is 51.9 Å². The summed E-state index contributed by atoms with van der Waals surface area (Å²) in [5.41, 5.74) is -0.805. The van der Waals surface area contributed by atoms with Crippen LogP contribution in [0.25, 0.3) is 21.5 Å². The van der Waals surface area contributed by atoms with Crippen LogP contribution in [0.3, 0.4) is 0 Å². The van der Waals surface area contributed by atoms with Crippen LogP contribution in [-0.2, 0) is 19.1 Å². The highest BCUT2D eigenvalue weighted by Crippen LogP contribution is 2.52. The van der Waals surface area contributed by atoms with E-state index in [1.165, 1.54) is 36.4 Å². The van der Waals surface area contributed by atoms with Gasteiger partial charge in [0.1, 0.15) is 0 Å². The third-order valence-corrected chi connectivity index (χ3v) is 7.58. The highest BCUT2D eigenvalue weighted by Gasteiger charge is 2.57. The molecule has 3 aromatic rings. The monoisotopic (exact) mass is 520 g/mol. The Kier molecular flexibility index (Phi) is 5.13. The van der Waals surface area contributed by atoms with E-state index < -0.39 is 71.3 Å². The third kappa shape index (κ3) is 3.76. The summed E-state index contributed by atoms with van der Waals surface area (Å²) >= 11 is 0. The Bertz CT molecular complexity index is 1370. The van der Waals surface area contributed by atoms with Gasteiger partial charge in [-0.2, -0.15) is 26.3 Å². The molecule has 0 amide bonds. The number of carbonyl (C=O) groups excluding carboxylic acids is 2. The van der Waals surface area contributed by atoms with Gasteiger partial charge in [0.05, 0.1) is 11.8 Å². The van der Waals surface area contributed by atoms with Gasteiger partial charge in [0, 0.05) is 11.1 Å². The first kappa shape index (κ1) is 23.8. The average Bonchev–Trinajstić information content (AvgIpc) is 3.44. The number of halogens is 6. The number of rotatable bonds is 0. The molecular formula is C27H18F6O4. The molecule has 1 aliphatic heterocycles. The molecule has 6 rings (SSSR count). The zero-order valence-electron chi connectivity index (χ0n) is 18.8. The standard InChI is InChI=1S/C27H18F6O4/c28-26(29,30)22-16-5-1-3-12-9-13-4-2-6-17(19(13)11-18(12)16)23(27(31,32)33)37-25(35)21-15-8-7-14(10-15)20(21)24(34)36-22/h1-9,11,14-15,20-23H,10H2/t14-,15+,20-,21-,22-,23-/m0/s1. The molecule has 6 atom stereocenters. The van der Waals surface area contributed by atoms with E-state index in [1.54, 1.807) is 12.2 Å². The average molecular weight is 520 g/mol. The van der Waals surface area contributed by atoms with Gasteiger partial charge in [0.15, 0.2) is 0 Å². The zero-order valence-corrected chi connectivity index (χ0v) is 18.8. The van der Waals surface area contributed by atoms with E-state index in [-0.39, 0.29) is 17.2 Å². The van der Waals surface area contributed by atoms with Crippen LogP contribution in [0.15, 0.2) is 60.7 Å². The van der Waals surface area contributed by atoms with Crippen LogP contribution < -0.4 is 0 Å². The fraction of sp³-hybridized carbons (Fsp3) is 0.333. The molecule has 4 nitrogen and oxygen atoms in total. The van der Waals surface area contributed by atoms with Crippen molar-refractivity contribution in [3.8, 4) is 0 Å². The summed E-state index contributed by atoms with van der Waals surface area (Å²) in [4.78, 5) is 26.4. The first-order valence-electron chi connectivity index (χ1n) is 11.6. The number of alkyl halides is 6. The van der Waals surface area contributed by atoms with Gasteiger partial charge in [-0.15, -0.1) is 0 Å². The van der Waals surface area contributed by atoms with Crippen molar-refractivity contribution in [3.05, 3.63) is 71.8 Å². The van der Waals surface area contributed by atoms with E-state index in [1.807, 2.05) is 0 Å². The maximum absolute atomic E-state index is 14.3. The van der Waals surface area contributed by atoms with Gasteiger partial charge < -0.3 is 9.47 Å². The number of fused-ring (bicyclic) bond motifs is 5. The minimum absolute atomic E-state index is 0.0199. The number of benzene rings is 3. The van der Waals surface area contributed by atoms with E-state index in [0.717, 1.165) is 12.1 Å². The van der Waals surface area contributed by atoms with Crippen LogP contribution in [0.1, 0.15) is 29.8 Å². The number of allylic oxidation sites excluding steroid dienone is 2. The van der Waals surface area contributed by atoms with Crippen LogP contribution >= 0.6 is 0 Å². The fourth-order valence-electron chi connectivity index (χ4n) is 6.03. The first-order chi connectivity index (χ1) is 17.4. The smallest absolute Gasteiger partial charge is 0.429 e. The third-order valence-electron chi connectivity index (χ3n) is 7.58. The normalized spacial score (nSPS) is 29.7. The number of esters is 2. The minimum atomic E-state index is -5.02. The van der Waals surface area contributed by atoms with Gasteiger partial charge in [-0.25, -0.2) is 0 Å². The molecule has 3 aliphatic rings. The summed E-state index contributed by atoms with van der Waals surface area (Å²) in [6, 6.07) is 10.7. The molecular weight excluding hydrogens is 502 g/mol. The predicted octanol–water partition coefficient (Wildman–Crippen LogP) is 6.74.